The van der Waals surface area contributed by atoms with Crippen LogP contribution in [0.1, 0.15) is 11.1 Å². The van der Waals surface area contributed by atoms with Crippen molar-refractivity contribution >= 4 is 11.6 Å². The number of halogens is 3. The van der Waals surface area contributed by atoms with E-state index < -0.39 is 29.8 Å². The first-order valence-corrected chi connectivity index (χ1v) is 8.64. The van der Waals surface area contributed by atoms with E-state index in [0.29, 0.717) is 27.8 Å². The summed E-state index contributed by atoms with van der Waals surface area (Å²) in [6, 6.07) is 15.7. The van der Waals surface area contributed by atoms with Crippen molar-refractivity contribution in [2.75, 3.05) is 5.32 Å². The minimum atomic E-state index is -4.79. The zero-order valence-electron chi connectivity index (χ0n) is 15.4. The van der Waals surface area contributed by atoms with E-state index in [2.05, 4.69) is 5.32 Å². The quantitative estimate of drug-likeness (QED) is 0.678. The highest BCUT2D eigenvalue weighted by Gasteiger charge is 2.34. The number of anilines is 1. The molecule has 1 amide bonds. The van der Waals surface area contributed by atoms with Crippen LogP contribution in [0.4, 0.5) is 18.9 Å². The minimum absolute atomic E-state index is 0.332. The lowest BCUT2D eigenvalue weighted by atomic mass is 10.2. The van der Waals surface area contributed by atoms with Crippen LogP contribution in [0.2, 0.25) is 0 Å². The van der Waals surface area contributed by atoms with Crippen LogP contribution in [-0.4, -0.2) is 10.5 Å². The maximum atomic E-state index is 12.9. The first-order valence-electron chi connectivity index (χ1n) is 8.64. The van der Waals surface area contributed by atoms with Crippen molar-refractivity contribution in [1.29, 1.82) is 0 Å². The summed E-state index contributed by atoms with van der Waals surface area (Å²) >= 11 is 0. The number of aromatic nitrogens is 1. The Kier molecular flexibility index (Phi) is 5.72. The van der Waals surface area contributed by atoms with Crippen LogP contribution in [0.15, 0.2) is 71.7 Å². The molecule has 8 heteroatoms. The molecule has 0 saturated carbocycles. The highest BCUT2D eigenvalue weighted by atomic mass is 19.4. The molecule has 1 heterocycles. The monoisotopic (exact) mass is 402 g/mol. The van der Waals surface area contributed by atoms with Crippen LogP contribution < -0.4 is 15.6 Å². The van der Waals surface area contributed by atoms with Crippen LogP contribution in [0, 0.1) is 6.92 Å². The highest BCUT2D eigenvalue weighted by molar-refractivity contribution is 5.92. The number of pyridine rings is 1. The van der Waals surface area contributed by atoms with Gasteiger partial charge in [-0.15, -0.1) is 0 Å². The predicted octanol–water partition coefficient (Wildman–Crippen LogP) is 4.61. The van der Waals surface area contributed by atoms with Gasteiger partial charge in [0.25, 0.3) is 5.56 Å². The molecule has 0 fully saturated rings. The lowest BCUT2D eigenvalue weighted by Gasteiger charge is -2.13. The van der Waals surface area contributed by atoms with Gasteiger partial charge in [0, 0.05) is 6.20 Å². The van der Waals surface area contributed by atoms with E-state index >= 15 is 0 Å². The third kappa shape index (κ3) is 5.04. The Morgan fingerprint density at radius 2 is 1.72 bits per heavy atom. The van der Waals surface area contributed by atoms with Gasteiger partial charge in [0.2, 0.25) is 5.91 Å². The molecule has 3 rings (SSSR count). The van der Waals surface area contributed by atoms with E-state index in [-0.39, 0.29) is 0 Å². The van der Waals surface area contributed by atoms with Crippen LogP contribution in [0.25, 0.3) is 0 Å². The van der Waals surface area contributed by atoms with Gasteiger partial charge in [-0.25, -0.2) is 0 Å². The van der Waals surface area contributed by atoms with E-state index in [0.717, 1.165) is 17.8 Å². The van der Waals surface area contributed by atoms with Gasteiger partial charge >= 0.3 is 6.18 Å². The van der Waals surface area contributed by atoms with Gasteiger partial charge in [-0.3, -0.25) is 9.59 Å². The van der Waals surface area contributed by atoms with Crippen molar-refractivity contribution in [3.63, 3.8) is 0 Å². The number of amides is 1. The Morgan fingerprint density at radius 3 is 2.41 bits per heavy atom. The van der Waals surface area contributed by atoms with Crippen LogP contribution in [0.3, 0.4) is 0 Å². The van der Waals surface area contributed by atoms with Gasteiger partial charge in [-0.1, -0.05) is 29.8 Å². The van der Waals surface area contributed by atoms with E-state index in [1.165, 1.54) is 0 Å². The second-order valence-corrected chi connectivity index (χ2v) is 6.31. The Morgan fingerprint density at radius 1 is 1.03 bits per heavy atom. The number of alkyl halides is 3. The Labute approximate surface area is 164 Å². The number of para-hydroxylation sites is 2. The van der Waals surface area contributed by atoms with Gasteiger partial charge in [-0.2, -0.15) is 13.2 Å². The molecule has 1 aromatic heterocycles. The maximum Gasteiger partial charge on any atom is 0.421 e. The number of carbonyl (C=O) groups excluding carboxylic acids is 1. The molecule has 0 aliphatic heterocycles. The number of aryl methyl sites for hydroxylation is 1. The zero-order chi connectivity index (χ0) is 21.0. The summed E-state index contributed by atoms with van der Waals surface area (Å²) < 4.78 is 45.1. The molecule has 0 radical (unpaired) electrons. The van der Waals surface area contributed by atoms with Crippen molar-refractivity contribution in [2.45, 2.75) is 19.6 Å². The summed E-state index contributed by atoms with van der Waals surface area (Å²) in [5, 5.41) is 2.57. The van der Waals surface area contributed by atoms with Crippen LogP contribution >= 0.6 is 0 Å². The summed E-state index contributed by atoms with van der Waals surface area (Å²) in [7, 11) is 0. The topological polar surface area (TPSA) is 60.3 Å². The Balaban J connectivity index is 1.77. The number of nitrogens with one attached hydrogen (secondary N) is 1. The zero-order valence-corrected chi connectivity index (χ0v) is 15.4. The summed E-state index contributed by atoms with van der Waals surface area (Å²) in [6.45, 7) is 1.37. The molecule has 0 aliphatic carbocycles. The molecule has 0 spiro atoms. The maximum absolute atomic E-state index is 12.9. The number of ether oxygens (including phenoxy) is 1. The number of hydrogen-bond acceptors (Lipinski definition) is 3. The predicted molar refractivity (Wildman–Crippen MR) is 102 cm³/mol. The number of hydrogen-bond donors (Lipinski definition) is 1. The molecule has 0 atom stereocenters. The fraction of sp³-hybridized carbons (Fsp3) is 0.143. The van der Waals surface area contributed by atoms with Crippen molar-refractivity contribution < 1.29 is 22.7 Å². The number of rotatable bonds is 5. The van der Waals surface area contributed by atoms with Crippen molar-refractivity contribution in [2.24, 2.45) is 0 Å². The lowest BCUT2D eigenvalue weighted by Crippen LogP contribution is -2.32. The molecule has 0 bridgehead atoms. The molecule has 150 valence electrons. The first-order chi connectivity index (χ1) is 13.7. The standard InChI is InChI=1S/C21H17F3N2O3/c1-14-8-10-15(11-9-14)29-18-7-3-2-6-17(18)25-19(27)13-26-12-4-5-16(20(26)28)21(22,23)24/h2-12H,13H2,1H3,(H,25,27). The summed E-state index contributed by atoms with van der Waals surface area (Å²) in [6.07, 6.45) is -3.66. The molecule has 0 aliphatic rings. The SMILES string of the molecule is Cc1ccc(Oc2ccccc2NC(=O)Cn2cccc(C(F)(F)F)c2=O)cc1. The van der Waals surface area contributed by atoms with Crippen LogP contribution in [-0.2, 0) is 17.5 Å². The van der Waals surface area contributed by atoms with E-state index in [4.69, 9.17) is 4.74 Å². The third-order valence-electron chi connectivity index (χ3n) is 4.05. The molecule has 3 aromatic rings. The average molecular weight is 402 g/mol. The molecule has 29 heavy (non-hydrogen) atoms. The minimum Gasteiger partial charge on any atom is -0.455 e. The normalized spacial score (nSPS) is 11.2. The van der Waals surface area contributed by atoms with Crippen LogP contribution in [0.5, 0.6) is 11.5 Å². The van der Waals surface area contributed by atoms with E-state index in [1.807, 2.05) is 19.1 Å². The molecular formula is C21H17F3N2O3. The third-order valence-corrected chi connectivity index (χ3v) is 4.05. The van der Waals surface area contributed by atoms with Gasteiger partial charge in [0.1, 0.15) is 17.9 Å². The molecule has 0 saturated heterocycles. The lowest BCUT2D eigenvalue weighted by molar-refractivity contribution is -0.139. The van der Waals surface area contributed by atoms with E-state index in [1.54, 1.807) is 36.4 Å². The average Bonchev–Trinajstić information content (AvgIpc) is 2.66. The Hall–Kier alpha value is -3.55. The summed E-state index contributed by atoms with van der Waals surface area (Å²) in [5.41, 5.74) is -1.21. The number of carbonyl (C=O) groups is 1. The fourth-order valence-electron chi connectivity index (χ4n) is 2.61. The number of nitrogens with zero attached hydrogens (tertiary/aromatic N) is 1. The molecule has 2 aromatic carbocycles. The summed E-state index contributed by atoms with van der Waals surface area (Å²) in [5.74, 6) is 0.263. The molecule has 5 nitrogen and oxygen atoms in total. The molecular weight excluding hydrogens is 385 g/mol. The van der Waals surface area contributed by atoms with E-state index in [9.17, 15) is 22.8 Å². The second kappa shape index (κ2) is 8.22. The van der Waals surface area contributed by atoms with Gasteiger partial charge in [0.05, 0.1) is 5.69 Å². The van der Waals surface area contributed by atoms with Crippen molar-refractivity contribution in [3.05, 3.63) is 88.3 Å². The first kappa shape index (κ1) is 20.2. The van der Waals surface area contributed by atoms with Gasteiger partial charge < -0.3 is 14.6 Å². The fourth-order valence-corrected chi connectivity index (χ4v) is 2.61. The van der Waals surface area contributed by atoms with Gasteiger partial charge in [-0.05, 0) is 43.3 Å². The summed E-state index contributed by atoms with van der Waals surface area (Å²) in [4.78, 5) is 24.3. The van der Waals surface area contributed by atoms with Crippen molar-refractivity contribution in [1.82, 2.24) is 4.57 Å². The van der Waals surface area contributed by atoms with Gasteiger partial charge in [0.15, 0.2) is 5.75 Å². The highest BCUT2D eigenvalue weighted by Crippen LogP contribution is 2.29. The smallest absolute Gasteiger partial charge is 0.421 e. The Bertz CT molecular complexity index is 1070. The molecule has 1 N–H and O–H groups in total. The largest absolute Gasteiger partial charge is 0.455 e. The van der Waals surface area contributed by atoms with Crippen molar-refractivity contribution in [3.8, 4) is 11.5 Å². The molecule has 0 unspecified atom stereocenters. The number of benzene rings is 2. The second-order valence-electron chi connectivity index (χ2n) is 6.31.